The topological polar surface area (TPSA) is 61.7 Å². The van der Waals surface area contributed by atoms with Crippen LogP contribution in [0.15, 0.2) is 65.1 Å². The molecule has 0 fully saturated rings. The summed E-state index contributed by atoms with van der Waals surface area (Å²) < 4.78 is 20.2. The summed E-state index contributed by atoms with van der Waals surface area (Å²) in [6.45, 7) is 2.22. The highest BCUT2D eigenvalue weighted by atomic mass is 79.9. The van der Waals surface area contributed by atoms with E-state index >= 15 is 0 Å². The van der Waals surface area contributed by atoms with Crippen LogP contribution in [0.3, 0.4) is 0 Å². The van der Waals surface area contributed by atoms with Crippen molar-refractivity contribution in [2.24, 2.45) is 0 Å². The van der Waals surface area contributed by atoms with Gasteiger partial charge in [-0.3, -0.25) is 0 Å². The van der Waals surface area contributed by atoms with Crippen molar-refractivity contribution in [3.05, 3.63) is 93.5 Å². The molecule has 0 radical (unpaired) electrons. The number of hydrogen-bond donors (Lipinski definition) is 1. The number of rotatable bonds is 5. The molecule has 1 N–H and O–H groups in total. The van der Waals surface area contributed by atoms with Gasteiger partial charge >= 0.3 is 0 Å². The molecule has 0 saturated heterocycles. The lowest BCUT2D eigenvalue weighted by Gasteiger charge is -2.10. The van der Waals surface area contributed by atoms with Crippen LogP contribution in [0.1, 0.15) is 22.5 Å². The Morgan fingerprint density at radius 3 is 2.87 bits per heavy atom. The minimum Gasteiger partial charge on any atom is -0.488 e. The normalized spacial score (nSPS) is 11.5. The van der Waals surface area contributed by atoms with E-state index in [0.717, 1.165) is 26.6 Å². The van der Waals surface area contributed by atoms with Crippen LogP contribution in [0, 0.1) is 24.1 Å². The first-order chi connectivity index (χ1) is 14.5. The highest BCUT2D eigenvalue weighted by Gasteiger charge is 2.11. The van der Waals surface area contributed by atoms with Gasteiger partial charge in [-0.15, -0.1) is 0 Å². The summed E-state index contributed by atoms with van der Waals surface area (Å²) in [5.41, 5.74) is 4.62. The third-order valence-corrected chi connectivity index (χ3v) is 5.06. The van der Waals surface area contributed by atoms with Gasteiger partial charge in [-0.05, 0) is 66.6 Å². The quantitative estimate of drug-likeness (QED) is 0.349. The van der Waals surface area contributed by atoms with Gasteiger partial charge in [0.05, 0.1) is 16.6 Å². The van der Waals surface area contributed by atoms with Crippen LogP contribution in [0.2, 0.25) is 0 Å². The molecule has 1 aromatic heterocycles. The standard InChI is InChI=1S/C24H17BrFN3O/c1-15-5-7-21-22(9-15)29-24(28-21)18(13-27)11-17-12-19(25)6-8-23(17)30-14-16-3-2-4-20(26)10-16/h2-12H,14H2,1H3,(H,28,29)/b18-11-. The monoisotopic (exact) mass is 461 g/mol. The maximum absolute atomic E-state index is 13.4. The SMILES string of the molecule is Cc1ccc2nc(/C(C#N)=C\c3cc(Br)ccc3OCc3cccc(F)c3)[nH]c2c1. The molecule has 0 aliphatic heterocycles. The second kappa shape index (κ2) is 8.52. The van der Waals surface area contributed by atoms with Crippen molar-refractivity contribution in [1.29, 1.82) is 5.26 Å². The average molecular weight is 462 g/mol. The Labute approximate surface area is 181 Å². The number of imidazole rings is 1. The van der Waals surface area contributed by atoms with E-state index in [4.69, 9.17) is 4.74 Å². The van der Waals surface area contributed by atoms with E-state index < -0.39 is 0 Å². The number of aromatic nitrogens is 2. The van der Waals surface area contributed by atoms with Crippen molar-refractivity contribution < 1.29 is 9.13 Å². The second-order valence-electron chi connectivity index (χ2n) is 6.88. The lowest BCUT2D eigenvalue weighted by Crippen LogP contribution is -1.98. The predicted octanol–water partition coefficient (Wildman–Crippen LogP) is 6.42. The first-order valence-electron chi connectivity index (χ1n) is 9.27. The maximum atomic E-state index is 13.4. The maximum Gasteiger partial charge on any atom is 0.149 e. The smallest absolute Gasteiger partial charge is 0.149 e. The second-order valence-corrected chi connectivity index (χ2v) is 7.79. The van der Waals surface area contributed by atoms with Gasteiger partial charge in [0, 0.05) is 10.0 Å². The van der Waals surface area contributed by atoms with Crippen molar-refractivity contribution >= 4 is 38.6 Å². The minimum absolute atomic E-state index is 0.214. The van der Waals surface area contributed by atoms with Gasteiger partial charge in [0.1, 0.15) is 30.1 Å². The van der Waals surface area contributed by atoms with Crippen LogP contribution >= 0.6 is 15.9 Å². The molecule has 0 aliphatic rings. The molecule has 1 heterocycles. The molecule has 4 aromatic rings. The number of ether oxygens (including phenoxy) is 1. The summed E-state index contributed by atoms with van der Waals surface area (Å²) >= 11 is 3.47. The number of nitrogens with zero attached hydrogens (tertiary/aromatic N) is 2. The number of halogens is 2. The molecule has 4 rings (SSSR count). The fourth-order valence-corrected chi connectivity index (χ4v) is 3.49. The molecular weight excluding hydrogens is 445 g/mol. The third kappa shape index (κ3) is 4.42. The van der Waals surface area contributed by atoms with Crippen LogP contribution in [0.4, 0.5) is 4.39 Å². The fourth-order valence-electron chi connectivity index (χ4n) is 3.11. The number of nitrogens with one attached hydrogen (secondary N) is 1. The largest absolute Gasteiger partial charge is 0.488 e. The zero-order chi connectivity index (χ0) is 21.1. The minimum atomic E-state index is -0.307. The number of aromatic amines is 1. The highest BCUT2D eigenvalue weighted by molar-refractivity contribution is 9.10. The van der Waals surface area contributed by atoms with Gasteiger partial charge in [0.25, 0.3) is 0 Å². The molecule has 0 bridgehead atoms. The highest BCUT2D eigenvalue weighted by Crippen LogP contribution is 2.28. The molecule has 0 saturated carbocycles. The summed E-state index contributed by atoms with van der Waals surface area (Å²) in [4.78, 5) is 7.75. The van der Waals surface area contributed by atoms with Gasteiger partial charge in [-0.1, -0.05) is 34.1 Å². The molecule has 148 valence electrons. The summed E-state index contributed by atoms with van der Waals surface area (Å²) in [7, 11) is 0. The average Bonchev–Trinajstić information content (AvgIpc) is 3.14. The first-order valence-corrected chi connectivity index (χ1v) is 10.1. The predicted molar refractivity (Wildman–Crippen MR) is 119 cm³/mol. The number of hydrogen-bond acceptors (Lipinski definition) is 3. The summed E-state index contributed by atoms with van der Waals surface area (Å²) in [6.07, 6.45) is 1.73. The van der Waals surface area contributed by atoms with E-state index in [1.54, 1.807) is 18.2 Å². The molecule has 0 spiro atoms. The zero-order valence-corrected chi connectivity index (χ0v) is 17.7. The molecule has 3 aromatic carbocycles. The van der Waals surface area contributed by atoms with Crippen LogP contribution in [0.5, 0.6) is 5.75 Å². The molecule has 30 heavy (non-hydrogen) atoms. The molecule has 0 unspecified atom stereocenters. The van der Waals surface area contributed by atoms with E-state index in [9.17, 15) is 9.65 Å². The van der Waals surface area contributed by atoms with E-state index in [-0.39, 0.29) is 12.4 Å². The van der Waals surface area contributed by atoms with Gasteiger partial charge in [0.2, 0.25) is 0 Å². The van der Waals surface area contributed by atoms with Gasteiger partial charge < -0.3 is 9.72 Å². The fraction of sp³-hybridized carbons (Fsp3) is 0.0833. The van der Waals surface area contributed by atoms with Crippen LogP contribution in [-0.4, -0.2) is 9.97 Å². The Kier molecular flexibility index (Phi) is 5.64. The Morgan fingerprint density at radius 1 is 1.20 bits per heavy atom. The number of benzene rings is 3. The lowest BCUT2D eigenvalue weighted by molar-refractivity contribution is 0.305. The van der Waals surface area contributed by atoms with E-state index in [0.29, 0.717) is 22.7 Å². The Morgan fingerprint density at radius 2 is 2.07 bits per heavy atom. The van der Waals surface area contributed by atoms with Crippen LogP contribution < -0.4 is 4.74 Å². The Hall–Kier alpha value is -3.43. The Balaban J connectivity index is 1.68. The van der Waals surface area contributed by atoms with Gasteiger partial charge in [-0.25, -0.2) is 9.37 Å². The van der Waals surface area contributed by atoms with E-state index in [1.165, 1.54) is 12.1 Å². The number of allylic oxidation sites excluding steroid dienone is 1. The summed E-state index contributed by atoms with van der Waals surface area (Å²) in [5, 5.41) is 9.75. The lowest BCUT2D eigenvalue weighted by atomic mass is 10.1. The van der Waals surface area contributed by atoms with E-state index in [2.05, 4.69) is 32.0 Å². The number of aryl methyl sites for hydroxylation is 1. The molecule has 0 aliphatic carbocycles. The molecule has 4 nitrogen and oxygen atoms in total. The number of H-pyrrole nitrogens is 1. The van der Waals surface area contributed by atoms with Crippen LogP contribution in [-0.2, 0) is 6.61 Å². The molecule has 0 atom stereocenters. The zero-order valence-electron chi connectivity index (χ0n) is 16.1. The van der Waals surface area contributed by atoms with Crippen molar-refractivity contribution in [3.8, 4) is 11.8 Å². The summed E-state index contributed by atoms with van der Waals surface area (Å²) in [5.74, 6) is 0.773. The van der Waals surface area contributed by atoms with Crippen molar-refractivity contribution in [1.82, 2.24) is 9.97 Å². The van der Waals surface area contributed by atoms with Crippen molar-refractivity contribution in [2.75, 3.05) is 0 Å². The van der Waals surface area contributed by atoms with Gasteiger partial charge in [0.15, 0.2) is 0 Å². The summed E-state index contributed by atoms with van der Waals surface area (Å²) in [6, 6.07) is 19.9. The van der Waals surface area contributed by atoms with Crippen molar-refractivity contribution in [3.63, 3.8) is 0 Å². The Bertz CT molecular complexity index is 1300. The number of fused-ring (bicyclic) bond motifs is 1. The molecular formula is C24H17BrFN3O. The molecule has 0 amide bonds. The van der Waals surface area contributed by atoms with Crippen molar-refractivity contribution in [2.45, 2.75) is 13.5 Å². The van der Waals surface area contributed by atoms with Crippen LogP contribution in [0.25, 0.3) is 22.7 Å². The molecule has 6 heteroatoms. The van der Waals surface area contributed by atoms with E-state index in [1.807, 2.05) is 43.3 Å². The number of nitriles is 1. The van der Waals surface area contributed by atoms with Gasteiger partial charge in [-0.2, -0.15) is 5.26 Å². The third-order valence-electron chi connectivity index (χ3n) is 4.57. The first kappa shape index (κ1) is 19.9.